The van der Waals surface area contributed by atoms with Crippen molar-refractivity contribution >= 4 is 9.84 Å². The molecule has 1 aromatic rings. The van der Waals surface area contributed by atoms with E-state index in [1.54, 1.807) is 25.4 Å². The highest BCUT2D eigenvalue weighted by atomic mass is 32.2. The van der Waals surface area contributed by atoms with Gasteiger partial charge in [-0.2, -0.15) is 0 Å². The van der Waals surface area contributed by atoms with Gasteiger partial charge in [0.2, 0.25) is 0 Å². The van der Waals surface area contributed by atoms with Crippen molar-refractivity contribution < 1.29 is 18.3 Å². The molecule has 5 nitrogen and oxygen atoms in total. The molecule has 0 atom stereocenters. The molecule has 0 saturated heterocycles. The van der Waals surface area contributed by atoms with E-state index in [2.05, 4.69) is 16.8 Å². The molecular formula is C13H17NO4S. The monoisotopic (exact) mass is 283 g/mol. The Morgan fingerprint density at radius 2 is 2.21 bits per heavy atom. The van der Waals surface area contributed by atoms with Crippen molar-refractivity contribution in [3.05, 3.63) is 24.0 Å². The summed E-state index contributed by atoms with van der Waals surface area (Å²) in [6.07, 6.45) is 3.55. The van der Waals surface area contributed by atoms with Gasteiger partial charge in [-0.05, 0) is 12.5 Å². The van der Waals surface area contributed by atoms with Crippen LogP contribution in [0.3, 0.4) is 0 Å². The first-order valence-electron chi connectivity index (χ1n) is 5.95. The fraction of sp³-hybridized carbons (Fsp3) is 0.462. The van der Waals surface area contributed by atoms with Crippen LogP contribution in [-0.2, 0) is 9.84 Å². The van der Waals surface area contributed by atoms with E-state index in [0.29, 0.717) is 24.3 Å². The average Bonchev–Trinajstić information content (AvgIpc) is 2.42. The summed E-state index contributed by atoms with van der Waals surface area (Å²) in [4.78, 5) is 3.95. The standard InChI is InChI=1S/C13H17NO4S/c1-2-19(16,17)8-4-7-18-13-9-12(5-3-6-15)10-14-11-13/h9-11,15H,2,4,6-8H2,1H3. The van der Waals surface area contributed by atoms with E-state index < -0.39 is 9.84 Å². The fourth-order valence-electron chi connectivity index (χ4n) is 1.32. The molecule has 104 valence electrons. The summed E-state index contributed by atoms with van der Waals surface area (Å²) in [5.41, 5.74) is 0.646. The normalized spacial score (nSPS) is 10.6. The van der Waals surface area contributed by atoms with E-state index in [-0.39, 0.29) is 18.1 Å². The predicted molar refractivity (Wildman–Crippen MR) is 72.6 cm³/mol. The molecule has 1 rings (SSSR count). The van der Waals surface area contributed by atoms with Gasteiger partial charge in [-0.3, -0.25) is 4.98 Å². The van der Waals surface area contributed by atoms with Crippen LogP contribution in [0.15, 0.2) is 18.5 Å². The molecule has 6 heteroatoms. The van der Waals surface area contributed by atoms with Crippen molar-refractivity contribution in [2.75, 3.05) is 24.7 Å². The number of aliphatic hydroxyl groups is 1. The molecule has 0 amide bonds. The minimum atomic E-state index is -2.94. The SMILES string of the molecule is CCS(=O)(=O)CCCOc1cncc(C#CCO)c1. The number of pyridine rings is 1. The molecule has 0 aliphatic heterocycles. The fourth-order valence-corrected chi connectivity index (χ4v) is 2.17. The van der Waals surface area contributed by atoms with E-state index in [4.69, 9.17) is 9.84 Å². The Balaban J connectivity index is 2.46. The van der Waals surface area contributed by atoms with Crippen LogP contribution in [0.5, 0.6) is 5.75 Å². The second-order valence-corrected chi connectivity index (χ2v) is 6.28. The quantitative estimate of drug-likeness (QED) is 0.612. The van der Waals surface area contributed by atoms with Crippen molar-refractivity contribution in [1.29, 1.82) is 0 Å². The van der Waals surface area contributed by atoms with Crippen molar-refractivity contribution in [2.24, 2.45) is 0 Å². The number of sulfone groups is 1. The Kier molecular flexibility index (Phi) is 6.33. The van der Waals surface area contributed by atoms with E-state index in [1.807, 2.05) is 0 Å². The Morgan fingerprint density at radius 3 is 2.89 bits per heavy atom. The largest absolute Gasteiger partial charge is 0.492 e. The average molecular weight is 283 g/mol. The first-order chi connectivity index (χ1) is 9.07. The van der Waals surface area contributed by atoms with Crippen molar-refractivity contribution in [2.45, 2.75) is 13.3 Å². The van der Waals surface area contributed by atoms with Crippen LogP contribution in [0.25, 0.3) is 0 Å². The number of aliphatic hydroxyl groups excluding tert-OH is 1. The Morgan fingerprint density at radius 1 is 1.42 bits per heavy atom. The van der Waals surface area contributed by atoms with Gasteiger partial charge in [0.15, 0.2) is 0 Å². The molecule has 0 fully saturated rings. The van der Waals surface area contributed by atoms with Gasteiger partial charge in [0.05, 0.1) is 18.6 Å². The van der Waals surface area contributed by atoms with Crippen LogP contribution in [-0.4, -0.2) is 43.2 Å². The lowest BCUT2D eigenvalue weighted by atomic mass is 10.3. The highest BCUT2D eigenvalue weighted by molar-refractivity contribution is 7.91. The highest BCUT2D eigenvalue weighted by Gasteiger charge is 2.06. The molecule has 1 heterocycles. The topological polar surface area (TPSA) is 76.5 Å². The first-order valence-corrected chi connectivity index (χ1v) is 7.77. The highest BCUT2D eigenvalue weighted by Crippen LogP contribution is 2.10. The molecule has 0 unspecified atom stereocenters. The maximum Gasteiger partial charge on any atom is 0.150 e. The zero-order chi connectivity index (χ0) is 14.1. The van der Waals surface area contributed by atoms with Crippen molar-refractivity contribution in [1.82, 2.24) is 4.98 Å². The first kappa shape index (κ1) is 15.5. The third-order valence-electron chi connectivity index (χ3n) is 2.33. The zero-order valence-electron chi connectivity index (χ0n) is 10.8. The van der Waals surface area contributed by atoms with Crippen LogP contribution in [0.2, 0.25) is 0 Å². The second kappa shape index (κ2) is 7.77. The minimum Gasteiger partial charge on any atom is -0.492 e. The van der Waals surface area contributed by atoms with Crippen LogP contribution < -0.4 is 4.74 Å². The number of nitrogens with zero attached hydrogens (tertiary/aromatic N) is 1. The summed E-state index contributed by atoms with van der Waals surface area (Å²) in [6, 6.07) is 1.70. The van der Waals surface area contributed by atoms with E-state index >= 15 is 0 Å². The predicted octanol–water partition coefficient (Wildman–Crippen LogP) is 0.629. The lowest BCUT2D eigenvalue weighted by Crippen LogP contribution is -2.11. The number of aromatic nitrogens is 1. The zero-order valence-corrected chi connectivity index (χ0v) is 11.6. The molecule has 0 saturated carbocycles. The number of hydrogen-bond acceptors (Lipinski definition) is 5. The van der Waals surface area contributed by atoms with Gasteiger partial charge in [-0.1, -0.05) is 18.8 Å². The van der Waals surface area contributed by atoms with Gasteiger partial charge in [0.25, 0.3) is 0 Å². The molecule has 19 heavy (non-hydrogen) atoms. The Labute approximate surface area is 113 Å². The van der Waals surface area contributed by atoms with Crippen LogP contribution >= 0.6 is 0 Å². The van der Waals surface area contributed by atoms with Gasteiger partial charge in [0.1, 0.15) is 22.2 Å². The summed E-state index contributed by atoms with van der Waals surface area (Å²) >= 11 is 0. The molecule has 1 N–H and O–H groups in total. The molecule has 0 bridgehead atoms. The molecule has 0 spiro atoms. The number of rotatable bonds is 6. The smallest absolute Gasteiger partial charge is 0.150 e. The van der Waals surface area contributed by atoms with Gasteiger partial charge in [0, 0.05) is 17.5 Å². The Bertz CT molecular complexity index is 557. The minimum absolute atomic E-state index is 0.126. The summed E-state index contributed by atoms with van der Waals surface area (Å²) in [5, 5.41) is 8.59. The maximum atomic E-state index is 11.3. The van der Waals surface area contributed by atoms with Crippen molar-refractivity contribution in [3.63, 3.8) is 0 Å². The lowest BCUT2D eigenvalue weighted by molar-refractivity contribution is 0.316. The van der Waals surface area contributed by atoms with Gasteiger partial charge in [-0.15, -0.1) is 0 Å². The van der Waals surface area contributed by atoms with E-state index in [1.165, 1.54) is 0 Å². The summed E-state index contributed by atoms with van der Waals surface area (Å²) in [6.45, 7) is 1.74. The van der Waals surface area contributed by atoms with Crippen LogP contribution in [0, 0.1) is 11.8 Å². The number of ether oxygens (including phenoxy) is 1. The summed E-state index contributed by atoms with van der Waals surface area (Å²) in [7, 11) is -2.94. The third-order valence-corrected chi connectivity index (χ3v) is 4.12. The maximum absolute atomic E-state index is 11.3. The van der Waals surface area contributed by atoms with Gasteiger partial charge >= 0.3 is 0 Å². The Hall–Kier alpha value is -1.58. The molecular weight excluding hydrogens is 266 g/mol. The molecule has 1 aromatic heterocycles. The number of hydrogen-bond donors (Lipinski definition) is 1. The van der Waals surface area contributed by atoms with Crippen LogP contribution in [0.4, 0.5) is 0 Å². The lowest BCUT2D eigenvalue weighted by Gasteiger charge is -2.05. The van der Waals surface area contributed by atoms with Crippen molar-refractivity contribution in [3.8, 4) is 17.6 Å². The molecule has 0 radical (unpaired) electrons. The molecule has 0 aliphatic rings. The third kappa shape index (κ3) is 6.22. The summed E-state index contributed by atoms with van der Waals surface area (Å²) in [5.74, 6) is 6.06. The van der Waals surface area contributed by atoms with Crippen LogP contribution in [0.1, 0.15) is 18.9 Å². The van der Waals surface area contributed by atoms with E-state index in [0.717, 1.165) is 0 Å². The van der Waals surface area contributed by atoms with E-state index in [9.17, 15) is 8.42 Å². The summed E-state index contributed by atoms with van der Waals surface area (Å²) < 4.78 is 28.0. The van der Waals surface area contributed by atoms with Gasteiger partial charge < -0.3 is 9.84 Å². The van der Waals surface area contributed by atoms with Gasteiger partial charge in [-0.25, -0.2) is 8.42 Å². The molecule has 0 aromatic carbocycles. The molecule has 0 aliphatic carbocycles. The second-order valence-electron chi connectivity index (χ2n) is 3.81.